The van der Waals surface area contributed by atoms with Gasteiger partial charge in [-0.1, -0.05) is 28.9 Å². The molecule has 1 amide bonds. The minimum atomic E-state index is -3.70. The Morgan fingerprint density at radius 2 is 1.83 bits per heavy atom. The van der Waals surface area contributed by atoms with E-state index in [0.29, 0.717) is 12.3 Å². The Kier molecular flexibility index (Phi) is 6.07. The normalized spacial score (nSPS) is 11.4. The molecule has 0 unspecified atom stereocenters. The minimum Gasteiger partial charge on any atom is -0.407 e. The van der Waals surface area contributed by atoms with Crippen LogP contribution in [0, 0.1) is 19.7 Å². The fourth-order valence-corrected chi connectivity index (χ4v) is 3.99. The van der Waals surface area contributed by atoms with Gasteiger partial charge in [0.05, 0.1) is 17.1 Å². The molecule has 3 aromatic rings. The third kappa shape index (κ3) is 5.47. The number of hydrogen-bond donors (Lipinski definition) is 1. The smallest absolute Gasteiger partial charge is 0.322 e. The number of amides is 1. The van der Waals surface area contributed by atoms with Gasteiger partial charge in [0.2, 0.25) is 11.8 Å². The van der Waals surface area contributed by atoms with Crippen molar-refractivity contribution in [2.45, 2.75) is 31.6 Å². The first-order valence-corrected chi connectivity index (χ1v) is 10.5. The van der Waals surface area contributed by atoms with Crippen LogP contribution >= 0.6 is 0 Å². The van der Waals surface area contributed by atoms with Gasteiger partial charge in [-0.15, -0.1) is 5.10 Å². The first kappa shape index (κ1) is 20.7. The molecule has 0 bridgehead atoms. The zero-order valence-electron chi connectivity index (χ0n) is 16.0. The summed E-state index contributed by atoms with van der Waals surface area (Å²) in [6.07, 6.45) is 0.127. The number of nitrogens with one attached hydrogen (secondary N) is 1. The fourth-order valence-electron chi connectivity index (χ4n) is 2.75. The van der Waals surface area contributed by atoms with Crippen molar-refractivity contribution in [2.75, 3.05) is 11.1 Å². The summed E-state index contributed by atoms with van der Waals surface area (Å²) in [6, 6.07) is 10.4. The van der Waals surface area contributed by atoms with Gasteiger partial charge in [0.25, 0.3) is 0 Å². The summed E-state index contributed by atoms with van der Waals surface area (Å²) in [5.74, 6) is -1.19. The molecule has 0 saturated carbocycles. The summed E-state index contributed by atoms with van der Waals surface area (Å²) in [5.41, 5.74) is 3.28. The third-order valence-corrected chi connectivity index (χ3v) is 6.06. The standard InChI is InChI=1S/C20H20FN3O4S/c1-13-3-4-15(14(2)11-13)12-19-23-24-20(28-19)22-18(25)9-10-29(26,27)17-7-5-16(21)6-8-17/h3-8,11H,9-10,12H2,1-2H3,(H,22,24,25). The van der Waals surface area contributed by atoms with Crippen molar-refractivity contribution in [1.29, 1.82) is 0 Å². The van der Waals surface area contributed by atoms with Gasteiger partial charge in [0, 0.05) is 6.42 Å². The van der Waals surface area contributed by atoms with Gasteiger partial charge in [-0.25, -0.2) is 12.8 Å². The molecule has 9 heteroatoms. The van der Waals surface area contributed by atoms with Gasteiger partial charge in [-0.3, -0.25) is 10.1 Å². The second kappa shape index (κ2) is 8.52. The van der Waals surface area contributed by atoms with Gasteiger partial charge < -0.3 is 4.42 Å². The molecule has 1 heterocycles. The summed E-state index contributed by atoms with van der Waals surface area (Å²) < 4.78 is 42.8. The van der Waals surface area contributed by atoms with Gasteiger partial charge in [0.1, 0.15) is 5.82 Å². The Morgan fingerprint density at radius 3 is 2.52 bits per heavy atom. The predicted molar refractivity (Wildman–Crippen MR) is 105 cm³/mol. The van der Waals surface area contributed by atoms with E-state index in [4.69, 9.17) is 4.42 Å². The lowest BCUT2D eigenvalue weighted by molar-refractivity contribution is -0.116. The zero-order chi connectivity index (χ0) is 21.0. The predicted octanol–water partition coefficient (Wildman–Crippen LogP) is 3.22. The van der Waals surface area contributed by atoms with E-state index in [1.807, 2.05) is 26.0 Å². The highest BCUT2D eigenvalue weighted by molar-refractivity contribution is 7.91. The monoisotopic (exact) mass is 417 g/mol. The van der Waals surface area contributed by atoms with E-state index < -0.39 is 27.3 Å². The lowest BCUT2D eigenvalue weighted by Crippen LogP contribution is -2.17. The molecule has 2 aromatic carbocycles. The molecule has 152 valence electrons. The molecule has 7 nitrogen and oxygen atoms in total. The molecule has 0 aliphatic heterocycles. The van der Waals surface area contributed by atoms with Crippen LogP contribution in [0.5, 0.6) is 0 Å². The fraction of sp³-hybridized carbons (Fsp3) is 0.250. The molecule has 0 atom stereocenters. The van der Waals surface area contributed by atoms with Crippen molar-refractivity contribution in [3.05, 3.63) is 70.9 Å². The summed E-state index contributed by atoms with van der Waals surface area (Å²) in [4.78, 5) is 12.0. The molecular formula is C20H20FN3O4S. The van der Waals surface area contributed by atoms with Crippen molar-refractivity contribution in [3.63, 3.8) is 0 Å². The van der Waals surface area contributed by atoms with Crippen molar-refractivity contribution >= 4 is 21.8 Å². The van der Waals surface area contributed by atoms with Crippen molar-refractivity contribution in [2.24, 2.45) is 0 Å². The Hall–Kier alpha value is -3.07. The van der Waals surface area contributed by atoms with Crippen LogP contribution in [0.1, 0.15) is 29.0 Å². The van der Waals surface area contributed by atoms with E-state index in [1.54, 1.807) is 0 Å². The van der Waals surface area contributed by atoms with Crippen LogP contribution in [-0.2, 0) is 21.1 Å². The van der Waals surface area contributed by atoms with Crippen LogP contribution in [0.15, 0.2) is 51.8 Å². The van der Waals surface area contributed by atoms with E-state index in [9.17, 15) is 17.6 Å². The number of halogens is 1. The molecular weight excluding hydrogens is 397 g/mol. The Bertz CT molecular complexity index is 1120. The summed E-state index contributed by atoms with van der Waals surface area (Å²) in [6.45, 7) is 4.00. The van der Waals surface area contributed by atoms with Crippen LogP contribution in [0.25, 0.3) is 0 Å². The molecule has 0 radical (unpaired) electrons. The molecule has 0 saturated heterocycles. The Labute approximate surface area is 167 Å². The van der Waals surface area contributed by atoms with Gasteiger partial charge >= 0.3 is 6.01 Å². The van der Waals surface area contributed by atoms with Gasteiger partial charge in [0.15, 0.2) is 9.84 Å². The average molecular weight is 417 g/mol. The lowest BCUT2D eigenvalue weighted by Gasteiger charge is -2.04. The van der Waals surface area contributed by atoms with E-state index in [0.717, 1.165) is 28.8 Å². The second-order valence-electron chi connectivity index (χ2n) is 6.68. The number of carbonyl (C=O) groups excluding carboxylic acids is 1. The molecule has 1 aromatic heterocycles. The van der Waals surface area contributed by atoms with E-state index >= 15 is 0 Å². The minimum absolute atomic E-state index is 0.0414. The maximum atomic E-state index is 12.9. The molecule has 0 fully saturated rings. The highest BCUT2D eigenvalue weighted by atomic mass is 32.2. The van der Waals surface area contributed by atoms with Crippen LogP contribution in [0.4, 0.5) is 10.4 Å². The highest BCUT2D eigenvalue weighted by Crippen LogP contribution is 2.17. The van der Waals surface area contributed by atoms with Crippen molar-refractivity contribution in [1.82, 2.24) is 10.2 Å². The number of aromatic nitrogens is 2. The number of aryl methyl sites for hydroxylation is 2. The summed E-state index contributed by atoms with van der Waals surface area (Å²) in [5, 5.41) is 10.1. The largest absolute Gasteiger partial charge is 0.407 e. The number of nitrogens with zero attached hydrogens (tertiary/aromatic N) is 2. The van der Waals surface area contributed by atoms with Crippen molar-refractivity contribution < 1.29 is 22.0 Å². The maximum Gasteiger partial charge on any atom is 0.322 e. The molecule has 0 aliphatic rings. The van der Waals surface area contributed by atoms with Crippen LogP contribution in [-0.4, -0.2) is 30.3 Å². The SMILES string of the molecule is Cc1ccc(Cc2nnc(NC(=O)CCS(=O)(=O)c3ccc(F)cc3)o2)c(C)c1. The van der Waals surface area contributed by atoms with Crippen LogP contribution in [0.3, 0.4) is 0 Å². The topological polar surface area (TPSA) is 102 Å². The quantitative estimate of drug-likeness (QED) is 0.592. The van der Waals surface area contributed by atoms with Crippen molar-refractivity contribution in [3.8, 4) is 0 Å². The average Bonchev–Trinajstić information content (AvgIpc) is 3.10. The zero-order valence-corrected chi connectivity index (χ0v) is 16.8. The van der Waals surface area contributed by atoms with Crippen LogP contribution in [0.2, 0.25) is 0 Å². The van der Waals surface area contributed by atoms with Gasteiger partial charge in [-0.2, -0.15) is 0 Å². The third-order valence-electron chi connectivity index (χ3n) is 4.32. The molecule has 3 rings (SSSR count). The highest BCUT2D eigenvalue weighted by Gasteiger charge is 2.18. The number of sulfone groups is 1. The molecule has 29 heavy (non-hydrogen) atoms. The van der Waals surface area contributed by atoms with E-state index in [-0.39, 0.29) is 17.3 Å². The molecule has 0 spiro atoms. The maximum absolute atomic E-state index is 12.9. The first-order valence-electron chi connectivity index (χ1n) is 8.89. The summed E-state index contributed by atoms with van der Waals surface area (Å²) in [7, 11) is -3.70. The Morgan fingerprint density at radius 1 is 1.10 bits per heavy atom. The second-order valence-corrected chi connectivity index (χ2v) is 8.79. The lowest BCUT2D eigenvalue weighted by atomic mass is 10.0. The van der Waals surface area contributed by atoms with Gasteiger partial charge in [-0.05, 0) is 49.2 Å². The molecule has 0 aliphatic carbocycles. The Balaban J connectivity index is 1.56. The van der Waals surface area contributed by atoms with E-state index in [1.165, 1.54) is 12.1 Å². The number of rotatable bonds is 7. The van der Waals surface area contributed by atoms with E-state index in [2.05, 4.69) is 21.6 Å². The number of carbonyl (C=O) groups is 1. The molecule has 1 N–H and O–H groups in total. The number of benzene rings is 2. The van der Waals surface area contributed by atoms with Crippen LogP contribution < -0.4 is 5.32 Å². The first-order chi connectivity index (χ1) is 13.7. The number of hydrogen-bond acceptors (Lipinski definition) is 6. The number of anilines is 1. The summed E-state index contributed by atoms with van der Waals surface area (Å²) >= 11 is 0.